The molecule has 14 heavy (non-hydrogen) atoms. The third-order valence-electron chi connectivity index (χ3n) is 2.80. The summed E-state index contributed by atoms with van der Waals surface area (Å²) in [5, 5.41) is 1.05. The van der Waals surface area contributed by atoms with E-state index in [1.165, 1.54) is 24.5 Å². The van der Waals surface area contributed by atoms with Gasteiger partial charge in [0.25, 0.3) is 0 Å². The van der Waals surface area contributed by atoms with Gasteiger partial charge in [-0.15, -0.1) is 0 Å². The van der Waals surface area contributed by atoms with Crippen molar-refractivity contribution in [3.05, 3.63) is 34.1 Å². The molecule has 1 aliphatic rings. The normalized spacial score (nSPS) is 18.2. The van der Waals surface area contributed by atoms with Crippen LogP contribution in [0.1, 0.15) is 18.4 Å². The van der Waals surface area contributed by atoms with Crippen LogP contribution in [0.15, 0.2) is 22.7 Å². The van der Waals surface area contributed by atoms with Gasteiger partial charge in [0.2, 0.25) is 0 Å². The zero-order valence-electron chi connectivity index (χ0n) is 7.69. The molecule has 1 saturated carbocycles. The average Bonchev–Trinajstić information content (AvgIpc) is 2.93. The van der Waals surface area contributed by atoms with E-state index < -0.39 is 0 Å². The summed E-state index contributed by atoms with van der Waals surface area (Å²) < 4.78 is 13.5. The van der Waals surface area contributed by atoms with Crippen molar-refractivity contribution in [2.75, 3.05) is 5.33 Å². The maximum Gasteiger partial charge on any atom is 0.137 e. The molecule has 1 aliphatic carbocycles. The summed E-state index contributed by atoms with van der Waals surface area (Å²) in [6.45, 7) is 0. The SMILES string of the molecule is Fc1ccc(CC2(CBr)CC2)cc1Br. The third kappa shape index (κ3) is 2.19. The Morgan fingerprint density at radius 3 is 2.57 bits per heavy atom. The molecule has 3 heteroatoms. The van der Waals surface area contributed by atoms with Crippen molar-refractivity contribution in [1.29, 1.82) is 0 Å². The van der Waals surface area contributed by atoms with Gasteiger partial charge < -0.3 is 0 Å². The van der Waals surface area contributed by atoms with E-state index >= 15 is 0 Å². The molecule has 0 atom stereocenters. The van der Waals surface area contributed by atoms with Crippen molar-refractivity contribution < 1.29 is 4.39 Å². The molecule has 0 saturated heterocycles. The molecular weight excluding hydrogens is 311 g/mol. The number of rotatable bonds is 3. The van der Waals surface area contributed by atoms with Gasteiger partial charge in [0.1, 0.15) is 5.82 Å². The van der Waals surface area contributed by atoms with E-state index in [4.69, 9.17) is 0 Å². The van der Waals surface area contributed by atoms with E-state index in [-0.39, 0.29) is 5.82 Å². The molecule has 0 nitrogen and oxygen atoms in total. The number of hydrogen-bond acceptors (Lipinski definition) is 0. The third-order valence-corrected chi connectivity index (χ3v) is 4.60. The summed E-state index contributed by atoms with van der Waals surface area (Å²) in [4.78, 5) is 0. The molecule has 0 spiro atoms. The minimum absolute atomic E-state index is 0.183. The van der Waals surface area contributed by atoms with E-state index in [1.807, 2.05) is 12.1 Å². The minimum atomic E-state index is -0.183. The second-order valence-electron chi connectivity index (χ2n) is 4.06. The van der Waals surface area contributed by atoms with Crippen LogP contribution in [0, 0.1) is 11.2 Å². The molecule has 2 rings (SSSR count). The molecule has 76 valence electrons. The topological polar surface area (TPSA) is 0 Å². The maximum absolute atomic E-state index is 13.0. The van der Waals surface area contributed by atoms with Crippen molar-refractivity contribution in [1.82, 2.24) is 0 Å². The molecule has 0 aromatic heterocycles. The fraction of sp³-hybridized carbons (Fsp3) is 0.455. The summed E-state index contributed by atoms with van der Waals surface area (Å²) in [5.41, 5.74) is 1.67. The molecule has 0 amide bonds. The van der Waals surface area contributed by atoms with Gasteiger partial charge in [-0.1, -0.05) is 22.0 Å². The van der Waals surface area contributed by atoms with Crippen molar-refractivity contribution in [3.8, 4) is 0 Å². The predicted molar refractivity (Wildman–Crippen MR) is 63.3 cm³/mol. The van der Waals surface area contributed by atoms with Crippen LogP contribution < -0.4 is 0 Å². The second-order valence-corrected chi connectivity index (χ2v) is 5.47. The second kappa shape index (κ2) is 3.93. The summed E-state index contributed by atoms with van der Waals surface area (Å²) in [5.74, 6) is -0.183. The first kappa shape index (κ1) is 10.6. The molecule has 0 bridgehead atoms. The zero-order valence-corrected chi connectivity index (χ0v) is 10.9. The molecule has 0 unspecified atom stereocenters. The number of alkyl halides is 1. The largest absolute Gasteiger partial charge is 0.206 e. The lowest BCUT2D eigenvalue weighted by molar-refractivity contribution is 0.581. The molecule has 1 aromatic rings. The summed E-state index contributed by atoms with van der Waals surface area (Å²) >= 11 is 6.75. The first-order valence-electron chi connectivity index (χ1n) is 4.65. The average molecular weight is 322 g/mol. The van der Waals surface area contributed by atoms with Crippen molar-refractivity contribution in [2.45, 2.75) is 19.3 Å². The van der Waals surface area contributed by atoms with E-state index in [9.17, 15) is 4.39 Å². The van der Waals surface area contributed by atoms with Crippen LogP contribution >= 0.6 is 31.9 Å². The quantitative estimate of drug-likeness (QED) is 0.728. The summed E-state index contributed by atoms with van der Waals surface area (Å²) in [6.07, 6.45) is 3.62. The van der Waals surface area contributed by atoms with Crippen LogP contribution in [0.25, 0.3) is 0 Å². The zero-order chi connectivity index (χ0) is 10.2. The van der Waals surface area contributed by atoms with E-state index in [0.717, 1.165) is 11.8 Å². The Kier molecular flexibility index (Phi) is 2.98. The fourth-order valence-corrected chi connectivity index (χ4v) is 2.80. The van der Waals surface area contributed by atoms with Crippen LogP contribution in [0.4, 0.5) is 4.39 Å². The van der Waals surface area contributed by atoms with Gasteiger partial charge in [0, 0.05) is 5.33 Å². The first-order valence-corrected chi connectivity index (χ1v) is 6.57. The van der Waals surface area contributed by atoms with Crippen molar-refractivity contribution in [3.63, 3.8) is 0 Å². The maximum atomic E-state index is 13.0. The van der Waals surface area contributed by atoms with Crippen LogP contribution in [0.3, 0.4) is 0 Å². The Hall–Kier alpha value is 0.110. The van der Waals surface area contributed by atoms with Crippen molar-refractivity contribution in [2.24, 2.45) is 5.41 Å². The Balaban J connectivity index is 2.14. The predicted octanol–water partition coefficient (Wildman–Crippen LogP) is 4.31. The highest BCUT2D eigenvalue weighted by Gasteiger charge is 2.41. The number of halogens is 3. The van der Waals surface area contributed by atoms with Gasteiger partial charge in [-0.3, -0.25) is 0 Å². The lowest BCUT2D eigenvalue weighted by Crippen LogP contribution is -2.06. The van der Waals surface area contributed by atoms with E-state index in [2.05, 4.69) is 31.9 Å². The first-order chi connectivity index (χ1) is 6.65. The molecule has 1 fully saturated rings. The Morgan fingerprint density at radius 1 is 1.36 bits per heavy atom. The van der Waals surface area contributed by atoms with Gasteiger partial charge in [-0.2, -0.15) is 0 Å². The van der Waals surface area contributed by atoms with Gasteiger partial charge in [-0.25, -0.2) is 4.39 Å². The molecule has 1 aromatic carbocycles. The van der Waals surface area contributed by atoms with Crippen LogP contribution in [0.2, 0.25) is 0 Å². The summed E-state index contributed by atoms with van der Waals surface area (Å²) in [7, 11) is 0. The highest BCUT2D eigenvalue weighted by molar-refractivity contribution is 9.10. The van der Waals surface area contributed by atoms with Crippen LogP contribution in [0.5, 0.6) is 0 Å². The number of hydrogen-bond donors (Lipinski definition) is 0. The Bertz CT molecular complexity index is 345. The monoisotopic (exact) mass is 320 g/mol. The van der Waals surface area contributed by atoms with Crippen LogP contribution in [-0.4, -0.2) is 5.33 Å². The summed E-state index contributed by atoms with van der Waals surface area (Å²) in [6, 6.07) is 5.30. The standard InChI is InChI=1S/C11H11Br2F/c12-7-11(3-4-11)6-8-1-2-10(14)9(13)5-8/h1-2,5H,3-4,6-7H2. The lowest BCUT2D eigenvalue weighted by atomic mass is 9.99. The van der Waals surface area contributed by atoms with E-state index in [1.54, 1.807) is 0 Å². The fourth-order valence-electron chi connectivity index (χ4n) is 1.62. The molecule has 0 N–H and O–H groups in total. The van der Waals surface area contributed by atoms with Gasteiger partial charge in [-0.05, 0) is 58.3 Å². The number of benzene rings is 1. The molecule has 0 radical (unpaired) electrons. The smallest absolute Gasteiger partial charge is 0.137 e. The highest BCUT2D eigenvalue weighted by atomic mass is 79.9. The minimum Gasteiger partial charge on any atom is -0.206 e. The Labute approximate surface area is 100 Å². The van der Waals surface area contributed by atoms with E-state index in [0.29, 0.717) is 9.89 Å². The molecule has 0 aliphatic heterocycles. The molecular formula is C11H11Br2F. The lowest BCUT2D eigenvalue weighted by Gasteiger charge is -2.11. The Morgan fingerprint density at radius 2 is 2.07 bits per heavy atom. The van der Waals surface area contributed by atoms with Gasteiger partial charge in [0.05, 0.1) is 4.47 Å². The highest BCUT2D eigenvalue weighted by Crippen LogP contribution is 2.49. The van der Waals surface area contributed by atoms with Gasteiger partial charge >= 0.3 is 0 Å². The van der Waals surface area contributed by atoms with Gasteiger partial charge in [0.15, 0.2) is 0 Å². The van der Waals surface area contributed by atoms with Crippen LogP contribution in [-0.2, 0) is 6.42 Å². The van der Waals surface area contributed by atoms with Crippen molar-refractivity contribution >= 4 is 31.9 Å². The molecule has 0 heterocycles.